The van der Waals surface area contributed by atoms with Gasteiger partial charge in [-0.15, -0.1) is 10.2 Å². The average Bonchev–Trinajstić information content (AvgIpc) is 2.82. The highest BCUT2D eigenvalue weighted by Crippen LogP contribution is 2.09. The molecule has 0 unspecified atom stereocenters. The van der Waals surface area contributed by atoms with Crippen molar-refractivity contribution in [1.29, 1.82) is 0 Å². The first-order valence-electron chi connectivity index (χ1n) is 5.62. The summed E-state index contributed by atoms with van der Waals surface area (Å²) in [6, 6.07) is 7.66. The number of nitrogens with one attached hydrogen (secondary N) is 1. The summed E-state index contributed by atoms with van der Waals surface area (Å²) in [5.74, 6) is 0.526. The van der Waals surface area contributed by atoms with Crippen LogP contribution in [0.2, 0.25) is 0 Å². The predicted molar refractivity (Wildman–Crippen MR) is 67.9 cm³/mol. The minimum absolute atomic E-state index is 0.526. The lowest BCUT2D eigenvalue weighted by Gasteiger charge is -2.02. The zero-order valence-electron chi connectivity index (χ0n) is 9.91. The van der Waals surface area contributed by atoms with Crippen molar-refractivity contribution in [3.63, 3.8) is 0 Å². The topological polar surface area (TPSA) is 68.5 Å². The number of benzene rings is 1. The van der Waals surface area contributed by atoms with Crippen LogP contribution in [0.15, 0.2) is 36.7 Å². The average molecular weight is 240 g/mol. The van der Waals surface area contributed by atoms with E-state index in [9.17, 15) is 0 Å². The number of hydrogen-bond donors (Lipinski definition) is 1. The molecule has 0 aliphatic rings. The number of anilines is 1. The maximum absolute atomic E-state index is 4.39. The quantitative estimate of drug-likeness (QED) is 0.748. The molecule has 0 fully saturated rings. The summed E-state index contributed by atoms with van der Waals surface area (Å²) in [5.41, 5.74) is 2.71. The minimum Gasteiger partial charge on any atom is -0.349 e. The van der Waals surface area contributed by atoms with Gasteiger partial charge in [0.1, 0.15) is 5.52 Å². The Hall–Kier alpha value is -2.50. The Morgan fingerprint density at radius 3 is 2.78 bits per heavy atom. The third kappa shape index (κ3) is 2.13. The van der Waals surface area contributed by atoms with Crippen LogP contribution in [-0.4, -0.2) is 25.0 Å². The van der Waals surface area contributed by atoms with Crippen LogP contribution in [0.4, 0.5) is 5.95 Å². The van der Waals surface area contributed by atoms with Gasteiger partial charge in [0, 0.05) is 25.4 Å². The Kier molecular flexibility index (Phi) is 2.60. The molecule has 2 heterocycles. The van der Waals surface area contributed by atoms with Gasteiger partial charge in [-0.05, 0) is 12.1 Å². The van der Waals surface area contributed by atoms with Crippen LogP contribution in [-0.2, 0) is 13.6 Å². The van der Waals surface area contributed by atoms with Crippen LogP contribution >= 0.6 is 0 Å². The summed E-state index contributed by atoms with van der Waals surface area (Å²) in [6.45, 7) is 0.633. The molecule has 2 aromatic heterocycles. The van der Waals surface area contributed by atoms with Gasteiger partial charge in [-0.3, -0.25) is 4.68 Å². The number of aryl methyl sites for hydroxylation is 1. The number of aromatic nitrogens is 5. The van der Waals surface area contributed by atoms with E-state index in [1.165, 1.54) is 0 Å². The Labute approximate surface area is 104 Å². The van der Waals surface area contributed by atoms with Crippen molar-refractivity contribution in [2.45, 2.75) is 6.54 Å². The standard InChI is InChI=1S/C12H12N6/c1-18-8-9(7-14-18)6-13-12-15-10-4-2-3-5-11(10)16-17-12/h2-5,7-8H,6H2,1H3,(H,13,15,17). The number of rotatable bonds is 3. The molecule has 6 nitrogen and oxygen atoms in total. The molecule has 0 aliphatic carbocycles. The fourth-order valence-electron chi connectivity index (χ4n) is 1.70. The van der Waals surface area contributed by atoms with Crippen molar-refractivity contribution in [2.24, 2.45) is 7.05 Å². The van der Waals surface area contributed by atoms with Crippen LogP contribution in [0.25, 0.3) is 11.0 Å². The van der Waals surface area contributed by atoms with Crippen molar-refractivity contribution in [2.75, 3.05) is 5.32 Å². The molecule has 0 amide bonds. The highest BCUT2D eigenvalue weighted by Gasteiger charge is 2.01. The lowest BCUT2D eigenvalue weighted by Crippen LogP contribution is -2.04. The molecule has 6 heteroatoms. The first kappa shape index (κ1) is 10.6. The monoisotopic (exact) mass is 240 g/mol. The predicted octanol–water partition coefficient (Wildman–Crippen LogP) is 1.37. The van der Waals surface area contributed by atoms with Gasteiger partial charge in [0.25, 0.3) is 0 Å². The van der Waals surface area contributed by atoms with Crippen LogP contribution in [0, 0.1) is 0 Å². The second-order valence-electron chi connectivity index (χ2n) is 4.00. The van der Waals surface area contributed by atoms with Crippen LogP contribution in [0.5, 0.6) is 0 Å². The number of para-hydroxylation sites is 1. The second-order valence-corrected chi connectivity index (χ2v) is 4.00. The molecule has 0 spiro atoms. The first-order valence-corrected chi connectivity index (χ1v) is 5.62. The van der Waals surface area contributed by atoms with Crippen LogP contribution < -0.4 is 5.32 Å². The molecular formula is C12H12N6. The highest BCUT2D eigenvalue weighted by molar-refractivity contribution is 5.73. The molecule has 90 valence electrons. The summed E-state index contributed by atoms with van der Waals surface area (Å²) < 4.78 is 1.76. The summed E-state index contributed by atoms with van der Waals surface area (Å²) >= 11 is 0. The minimum atomic E-state index is 0.526. The lowest BCUT2D eigenvalue weighted by molar-refractivity contribution is 0.767. The highest BCUT2D eigenvalue weighted by atomic mass is 15.3. The fraction of sp³-hybridized carbons (Fsp3) is 0.167. The van der Waals surface area contributed by atoms with Crippen molar-refractivity contribution in [3.8, 4) is 0 Å². The van der Waals surface area contributed by atoms with E-state index in [1.54, 1.807) is 4.68 Å². The summed E-state index contributed by atoms with van der Waals surface area (Å²) in [5, 5.41) is 15.4. The third-order valence-electron chi connectivity index (χ3n) is 2.57. The fourth-order valence-corrected chi connectivity index (χ4v) is 1.70. The largest absolute Gasteiger partial charge is 0.349 e. The van der Waals surface area contributed by atoms with Crippen molar-refractivity contribution in [1.82, 2.24) is 25.0 Å². The van der Waals surface area contributed by atoms with Gasteiger partial charge in [0.2, 0.25) is 5.95 Å². The van der Waals surface area contributed by atoms with Crippen LogP contribution in [0.3, 0.4) is 0 Å². The van der Waals surface area contributed by atoms with Crippen LogP contribution in [0.1, 0.15) is 5.56 Å². The Morgan fingerprint density at radius 1 is 1.17 bits per heavy atom. The van der Waals surface area contributed by atoms with E-state index in [0.717, 1.165) is 16.6 Å². The van der Waals surface area contributed by atoms with E-state index >= 15 is 0 Å². The molecule has 3 rings (SSSR count). The molecule has 1 aromatic carbocycles. The Morgan fingerprint density at radius 2 is 2.00 bits per heavy atom. The van der Waals surface area contributed by atoms with Crippen molar-refractivity contribution >= 4 is 17.0 Å². The van der Waals surface area contributed by atoms with Gasteiger partial charge in [-0.1, -0.05) is 12.1 Å². The molecule has 3 aromatic rings. The molecule has 0 atom stereocenters. The molecule has 1 N–H and O–H groups in total. The van der Waals surface area contributed by atoms with Gasteiger partial charge >= 0.3 is 0 Å². The van der Waals surface area contributed by atoms with Gasteiger partial charge in [-0.2, -0.15) is 5.10 Å². The lowest BCUT2D eigenvalue weighted by atomic mass is 10.3. The summed E-state index contributed by atoms with van der Waals surface area (Å²) in [4.78, 5) is 4.39. The molecule has 0 radical (unpaired) electrons. The summed E-state index contributed by atoms with van der Waals surface area (Å²) in [7, 11) is 1.89. The zero-order valence-corrected chi connectivity index (χ0v) is 9.91. The molecule has 18 heavy (non-hydrogen) atoms. The zero-order chi connectivity index (χ0) is 12.4. The van der Waals surface area contributed by atoms with E-state index in [2.05, 4.69) is 25.6 Å². The third-order valence-corrected chi connectivity index (χ3v) is 2.57. The summed E-state index contributed by atoms with van der Waals surface area (Å²) in [6.07, 6.45) is 3.75. The van der Waals surface area contributed by atoms with E-state index in [1.807, 2.05) is 43.7 Å². The van der Waals surface area contributed by atoms with E-state index in [-0.39, 0.29) is 0 Å². The smallest absolute Gasteiger partial charge is 0.243 e. The van der Waals surface area contributed by atoms with Crippen molar-refractivity contribution in [3.05, 3.63) is 42.2 Å². The maximum Gasteiger partial charge on any atom is 0.243 e. The Bertz CT molecular complexity index is 675. The number of fused-ring (bicyclic) bond motifs is 1. The SMILES string of the molecule is Cn1cc(CNc2nnc3ccccc3n2)cn1. The molecule has 0 saturated heterocycles. The number of nitrogens with zero attached hydrogens (tertiary/aromatic N) is 5. The van der Waals surface area contributed by atoms with Gasteiger partial charge in [0.05, 0.1) is 11.7 Å². The second kappa shape index (κ2) is 4.40. The maximum atomic E-state index is 4.39. The van der Waals surface area contributed by atoms with E-state index in [0.29, 0.717) is 12.5 Å². The Balaban J connectivity index is 1.78. The van der Waals surface area contributed by atoms with E-state index in [4.69, 9.17) is 0 Å². The van der Waals surface area contributed by atoms with E-state index < -0.39 is 0 Å². The number of hydrogen-bond acceptors (Lipinski definition) is 5. The van der Waals surface area contributed by atoms with Gasteiger partial charge in [0.15, 0.2) is 0 Å². The van der Waals surface area contributed by atoms with Gasteiger partial charge < -0.3 is 5.32 Å². The molecule has 0 bridgehead atoms. The first-order chi connectivity index (χ1) is 8.81. The molecular weight excluding hydrogens is 228 g/mol. The van der Waals surface area contributed by atoms with Crippen molar-refractivity contribution < 1.29 is 0 Å². The molecule has 0 saturated carbocycles. The van der Waals surface area contributed by atoms with Gasteiger partial charge in [-0.25, -0.2) is 4.98 Å². The normalized spacial score (nSPS) is 10.7. The molecule has 0 aliphatic heterocycles.